The number of nitrogens with zero attached hydrogens (tertiary/aromatic N) is 3. The van der Waals surface area contributed by atoms with Crippen molar-refractivity contribution in [2.75, 3.05) is 13.2 Å². The zero-order valence-corrected chi connectivity index (χ0v) is 16.9. The summed E-state index contributed by atoms with van der Waals surface area (Å²) in [7, 11) is 0. The number of ether oxygens (including phenoxy) is 2. The van der Waals surface area contributed by atoms with Gasteiger partial charge in [-0.3, -0.25) is 14.8 Å². The Hall–Kier alpha value is -3.05. The summed E-state index contributed by atoms with van der Waals surface area (Å²) in [6.45, 7) is 1.60. The number of fused-ring (bicyclic) bond motifs is 1. The van der Waals surface area contributed by atoms with Crippen molar-refractivity contribution in [2.45, 2.75) is 43.9 Å². The fourth-order valence-electron chi connectivity index (χ4n) is 3.66. The fraction of sp³-hybridized carbons (Fsp3) is 0.429. The quantitative estimate of drug-likeness (QED) is 0.760. The second-order valence-electron chi connectivity index (χ2n) is 7.17. The summed E-state index contributed by atoms with van der Waals surface area (Å²) >= 11 is 0. The normalized spacial score (nSPS) is 22.5. The lowest BCUT2D eigenvalue weighted by molar-refractivity contribution is -0.192. The van der Waals surface area contributed by atoms with Gasteiger partial charge in [0.1, 0.15) is 11.8 Å². The first kappa shape index (κ1) is 23.6. The lowest BCUT2D eigenvalue weighted by Crippen LogP contribution is -2.54. The van der Waals surface area contributed by atoms with Crippen LogP contribution in [0.3, 0.4) is 0 Å². The van der Waals surface area contributed by atoms with Gasteiger partial charge in [0, 0.05) is 18.9 Å². The Morgan fingerprint density at radius 1 is 1.12 bits per heavy atom. The number of aliphatic carboxylic acids is 1. The Morgan fingerprint density at radius 2 is 1.81 bits per heavy atom. The maximum absolute atomic E-state index is 12.8. The molecule has 172 valence electrons. The number of rotatable bonds is 4. The fourth-order valence-corrected chi connectivity index (χ4v) is 3.66. The number of carbonyl (C=O) groups is 2. The molecule has 1 aliphatic heterocycles. The first-order valence-electron chi connectivity index (χ1n) is 9.92. The van der Waals surface area contributed by atoms with E-state index in [1.807, 2.05) is 35.2 Å². The number of alkyl halides is 3. The standard InChI is InChI=1S/C19H21N3O3.C2HF3O2/c23-19(15-6-2-4-10-21-15)22-11-12-24-18-16(22)7-8-17(18)25-13-14-5-1-3-9-20-14;3-2(4,5)1(6)7/h1-6,9-10,16-18H,7-8,11-13H2;(H,6,7)/t16-,17+,18+;/m0./s1. The highest BCUT2D eigenvalue weighted by atomic mass is 19.4. The third kappa shape index (κ3) is 6.01. The Kier molecular flexibility index (Phi) is 7.75. The predicted molar refractivity (Wildman–Crippen MR) is 105 cm³/mol. The van der Waals surface area contributed by atoms with Crippen molar-refractivity contribution in [3.8, 4) is 0 Å². The van der Waals surface area contributed by atoms with Crippen LogP contribution >= 0.6 is 0 Å². The molecule has 2 fully saturated rings. The maximum Gasteiger partial charge on any atom is 0.490 e. The Balaban J connectivity index is 0.000000360. The minimum Gasteiger partial charge on any atom is -0.475 e. The van der Waals surface area contributed by atoms with Gasteiger partial charge in [0.2, 0.25) is 0 Å². The zero-order chi connectivity index (χ0) is 23.1. The van der Waals surface area contributed by atoms with Crippen molar-refractivity contribution in [3.63, 3.8) is 0 Å². The van der Waals surface area contributed by atoms with Crippen LogP contribution in [0.25, 0.3) is 0 Å². The highest BCUT2D eigenvalue weighted by Gasteiger charge is 2.45. The van der Waals surface area contributed by atoms with Gasteiger partial charge in [-0.2, -0.15) is 13.2 Å². The summed E-state index contributed by atoms with van der Waals surface area (Å²) in [6.07, 6.45) is 0.0140. The number of carbonyl (C=O) groups excluding carboxylic acids is 1. The highest BCUT2D eigenvalue weighted by Crippen LogP contribution is 2.33. The number of carboxylic acid groups (broad SMARTS) is 1. The van der Waals surface area contributed by atoms with Crippen LogP contribution in [0.4, 0.5) is 13.2 Å². The molecule has 1 saturated carbocycles. The van der Waals surface area contributed by atoms with Crippen LogP contribution in [0.15, 0.2) is 48.8 Å². The van der Waals surface area contributed by atoms with E-state index < -0.39 is 12.1 Å². The second kappa shape index (κ2) is 10.5. The molecule has 0 spiro atoms. The number of carboxylic acids is 1. The van der Waals surface area contributed by atoms with Crippen molar-refractivity contribution >= 4 is 11.9 Å². The van der Waals surface area contributed by atoms with Crippen molar-refractivity contribution in [1.29, 1.82) is 0 Å². The van der Waals surface area contributed by atoms with Crippen LogP contribution in [-0.4, -0.2) is 69.4 Å². The molecule has 2 aromatic heterocycles. The summed E-state index contributed by atoms with van der Waals surface area (Å²) in [4.78, 5) is 32.1. The van der Waals surface area contributed by atoms with E-state index in [9.17, 15) is 18.0 Å². The average molecular weight is 453 g/mol. The van der Waals surface area contributed by atoms with Crippen molar-refractivity contribution < 1.29 is 37.3 Å². The smallest absolute Gasteiger partial charge is 0.475 e. The van der Waals surface area contributed by atoms with Gasteiger partial charge >= 0.3 is 12.1 Å². The van der Waals surface area contributed by atoms with E-state index in [1.165, 1.54) is 0 Å². The van der Waals surface area contributed by atoms with E-state index >= 15 is 0 Å². The largest absolute Gasteiger partial charge is 0.490 e. The molecule has 0 bridgehead atoms. The number of halogens is 3. The molecule has 1 N–H and O–H groups in total. The van der Waals surface area contributed by atoms with Crippen molar-refractivity contribution in [1.82, 2.24) is 14.9 Å². The molecule has 2 aliphatic rings. The molecule has 4 rings (SSSR count). The molecule has 1 amide bonds. The first-order chi connectivity index (χ1) is 15.3. The summed E-state index contributed by atoms with van der Waals surface area (Å²) in [5.41, 5.74) is 1.39. The van der Waals surface area contributed by atoms with E-state index in [4.69, 9.17) is 19.4 Å². The predicted octanol–water partition coefficient (Wildman–Crippen LogP) is 2.70. The zero-order valence-electron chi connectivity index (χ0n) is 16.9. The lowest BCUT2D eigenvalue weighted by atomic mass is 10.1. The topological polar surface area (TPSA) is 102 Å². The van der Waals surface area contributed by atoms with E-state index in [0.717, 1.165) is 18.5 Å². The summed E-state index contributed by atoms with van der Waals surface area (Å²) in [5.74, 6) is -2.78. The number of aromatic nitrogens is 2. The van der Waals surface area contributed by atoms with Gasteiger partial charge in [-0.05, 0) is 37.1 Å². The molecule has 3 atom stereocenters. The Labute approximate surface area is 182 Å². The number of hydrogen-bond acceptors (Lipinski definition) is 6. The maximum atomic E-state index is 12.8. The van der Waals surface area contributed by atoms with Crippen molar-refractivity contribution in [2.24, 2.45) is 0 Å². The van der Waals surface area contributed by atoms with Crippen LogP contribution in [0.5, 0.6) is 0 Å². The molecule has 1 saturated heterocycles. The van der Waals surface area contributed by atoms with Gasteiger partial charge in [-0.25, -0.2) is 4.79 Å². The van der Waals surface area contributed by atoms with Crippen LogP contribution in [-0.2, 0) is 20.9 Å². The van der Waals surface area contributed by atoms with Gasteiger partial charge in [0.25, 0.3) is 5.91 Å². The average Bonchev–Trinajstić information content (AvgIpc) is 3.21. The summed E-state index contributed by atoms with van der Waals surface area (Å²) in [6, 6.07) is 11.3. The van der Waals surface area contributed by atoms with Crippen LogP contribution in [0.2, 0.25) is 0 Å². The number of pyridine rings is 2. The van der Waals surface area contributed by atoms with Crippen LogP contribution in [0, 0.1) is 0 Å². The molecule has 0 aromatic carbocycles. The van der Waals surface area contributed by atoms with Gasteiger partial charge < -0.3 is 19.5 Å². The van der Waals surface area contributed by atoms with E-state index in [2.05, 4.69) is 9.97 Å². The second-order valence-corrected chi connectivity index (χ2v) is 7.17. The van der Waals surface area contributed by atoms with Crippen LogP contribution in [0.1, 0.15) is 29.0 Å². The monoisotopic (exact) mass is 453 g/mol. The van der Waals surface area contributed by atoms with Gasteiger partial charge in [0.05, 0.1) is 31.1 Å². The molecule has 1 aliphatic carbocycles. The summed E-state index contributed by atoms with van der Waals surface area (Å²) in [5, 5.41) is 7.12. The SMILES string of the molecule is O=C(O)C(F)(F)F.O=C(c1ccccn1)N1CCO[C@H]2[C@H](OCc3ccccn3)CC[C@@H]21. The molecule has 11 heteroatoms. The van der Waals surface area contributed by atoms with Gasteiger partial charge in [0.15, 0.2) is 0 Å². The molecule has 0 unspecified atom stereocenters. The van der Waals surface area contributed by atoms with Gasteiger partial charge in [-0.1, -0.05) is 12.1 Å². The van der Waals surface area contributed by atoms with E-state index in [0.29, 0.717) is 25.5 Å². The first-order valence-corrected chi connectivity index (χ1v) is 9.92. The molecule has 32 heavy (non-hydrogen) atoms. The van der Waals surface area contributed by atoms with Crippen LogP contribution < -0.4 is 0 Å². The molecular weight excluding hydrogens is 431 g/mol. The third-order valence-electron chi connectivity index (χ3n) is 5.09. The summed E-state index contributed by atoms with van der Waals surface area (Å²) < 4.78 is 43.7. The number of morpholine rings is 1. The van der Waals surface area contributed by atoms with Gasteiger partial charge in [-0.15, -0.1) is 0 Å². The van der Waals surface area contributed by atoms with Crippen molar-refractivity contribution in [3.05, 3.63) is 60.2 Å². The molecule has 0 radical (unpaired) electrons. The molecular formula is C21H22F3N3O5. The molecule has 8 nitrogen and oxygen atoms in total. The molecule has 3 heterocycles. The minimum absolute atomic E-state index is 0.00802. The molecule has 2 aromatic rings. The minimum atomic E-state index is -5.08. The number of amides is 1. The number of hydrogen-bond donors (Lipinski definition) is 1. The third-order valence-corrected chi connectivity index (χ3v) is 5.09. The lowest BCUT2D eigenvalue weighted by Gasteiger charge is -2.38. The van der Waals surface area contributed by atoms with E-state index in [-0.39, 0.29) is 24.2 Å². The Bertz CT molecular complexity index is 899. The van der Waals surface area contributed by atoms with E-state index in [1.54, 1.807) is 18.5 Å². The highest BCUT2D eigenvalue weighted by molar-refractivity contribution is 5.92. The Morgan fingerprint density at radius 3 is 2.41 bits per heavy atom.